The van der Waals surface area contributed by atoms with E-state index in [2.05, 4.69) is 33.4 Å². The van der Waals surface area contributed by atoms with Gasteiger partial charge in [0, 0.05) is 6.42 Å². The highest BCUT2D eigenvalue weighted by Crippen LogP contribution is 2.30. The lowest BCUT2D eigenvalue weighted by Crippen LogP contribution is -2.14. The van der Waals surface area contributed by atoms with Crippen molar-refractivity contribution in [3.05, 3.63) is 23.8 Å². The van der Waals surface area contributed by atoms with E-state index in [0.717, 1.165) is 49.6 Å². The minimum Gasteiger partial charge on any atom is -0.490 e. The zero-order chi connectivity index (χ0) is 11.2. The molecule has 0 atom stereocenters. The summed E-state index contributed by atoms with van der Waals surface area (Å²) in [6, 6.07) is 6.18. The van der Waals surface area contributed by atoms with Crippen LogP contribution in [0.5, 0.6) is 11.5 Å². The first-order chi connectivity index (χ1) is 7.90. The van der Waals surface area contributed by atoms with Crippen molar-refractivity contribution in [2.75, 3.05) is 25.2 Å². The molecule has 4 heteroatoms. The van der Waals surface area contributed by atoms with Gasteiger partial charge in [-0.1, -0.05) is 22.0 Å². The molecule has 1 aromatic carbocycles. The van der Waals surface area contributed by atoms with Gasteiger partial charge < -0.3 is 14.8 Å². The normalized spacial score (nSPS) is 14.6. The van der Waals surface area contributed by atoms with Crippen molar-refractivity contribution < 1.29 is 9.47 Å². The number of rotatable bonds is 4. The number of nitrogens with one attached hydrogen (secondary N) is 1. The molecule has 1 heterocycles. The fourth-order valence-corrected chi connectivity index (χ4v) is 1.94. The Hall–Kier alpha value is -0.740. The van der Waals surface area contributed by atoms with Crippen LogP contribution in [0.25, 0.3) is 0 Å². The SMILES string of the molecule is BrCNCCc1ccc2c(c1)OCCCO2. The van der Waals surface area contributed by atoms with Crippen molar-refractivity contribution in [2.45, 2.75) is 12.8 Å². The van der Waals surface area contributed by atoms with Crippen LogP contribution in [0.4, 0.5) is 0 Å². The van der Waals surface area contributed by atoms with E-state index in [1.807, 2.05) is 6.07 Å². The number of hydrogen-bond donors (Lipinski definition) is 1. The molecule has 0 fully saturated rings. The topological polar surface area (TPSA) is 30.5 Å². The fourth-order valence-electron chi connectivity index (χ4n) is 1.66. The van der Waals surface area contributed by atoms with Crippen LogP contribution in [0.2, 0.25) is 0 Å². The molecule has 1 aromatic rings. The van der Waals surface area contributed by atoms with Gasteiger partial charge in [-0.25, -0.2) is 0 Å². The number of benzene rings is 1. The average Bonchev–Trinajstić information content (AvgIpc) is 2.54. The summed E-state index contributed by atoms with van der Waals surface area (Å²) in [4.78, 5) is 0. The van der Waals surface area contributed by atoms with Crippen LogP contribution >= 0.6 is 15.9 Å². The monoisotopic (exact) mass is 285 g/mol. The van der Waals surface area contributed by atoms with Crippen molar-refractivity contribution >= 4 is 15.9 Å². The van der Waals surface area contributed by atoms with Gasteiger partial charge in [0.1, 0.15) is 0 Å². The van der Waals surface area contributed by atoms with Gasteiger partial charge in [-0.15, -0.1) is 0 Å². The maximum absolute atomic E-state index is 5.64. The van der Waals surface area contributed by atoms with Crippen LogP contribution in [-0.2, 0) is 6.42 Å². The zero-order valence-electron chi connectivity index (χ0n) is 9.17. The van der Waals surface area contributed by atoms with Gasteiger partial charge in [0.15, 0.2) is 11.5 Å². The smallest absolute Gasteiger partial charge is 0.161 e. The molecule has 2 rings (SSSR count). The Morgan fingerprint density at radius 3 is 2.81 bits per heavy atom. The second-order valence-corrected chi connectivity index (χ2v) is 4.28. The quantitative estimate of drug-likeness (QED) is 0.523. The molecule has 16 heavy (non-hydrogen) atoms. The van der Waals surface area contributed by atoms with E-state index in [1.165, 1.54) is 5.56 Å². The lowest BCUT2D eigenvalue weighted by atomic mass is 10.1. The first-order valence-electron chi connectivity index (χ1n) is 5.55. The van der Waals surface area contributed by atoms with E-state index >= 15 is 0 Å². The van der Waals surface area contributed by atoms with Gasteiger partial charge in [0.25, 0.3) is 0 Å². The Morgan fingerprint density at radius 1 is 1.19 bits per heavy atom. The standard InChI is InChI=1S/C12H16BrNO2/c13-9-14-5-4-10-2-3-11-12(8-10)16-7-1-6-15-11/h2-3,8,14H,1,4-7,9H2. The van der Waals surface area contributed by atoms with Gasteiger partial charge in [0.2, 0.25) is 0 Å². The van der Waals surface area contributed by atoms with Gasteiger partial charge >= 0.3 is 0 Å². The van der Waals surface area contributed by atoms with Gasteiger partial charge in [0.05, 0.1) is 18.7 Å². The molecular formula is C12H16BrNO2. The largest absolute Gasteiger partial charge is 0.490 e. The Morgan fingerprint density at radius 2 is 2.00 bits per heavy atom. The van der Waals surface area contributed by atoms with Crippen molar-refractivity contribution in [1.29, 1.82) is 0 Å². The second kappa shape index (κ2) is 6.11. The Labute approximate surface area is 104 Å². The summed E-state index contributed by atoms with van der Waals surface area (Å²) >= 11 is 3.34. The van der Waals surface area contributed by atoms with Crippen molar-refractivity contribution in [2.24, 2.45) is 0 Å². The molecule has 0 aliphatic carbocycles. The predicted octanol–water partition coefficient (Wildman–Crippen LogP) is 2.33. The summed E-state index contributed by atoms with van der Waals surface area (Å²) in [5.74, 6) is 1.75. The molecule has 0 unspecified atom stereocenters. The molecular weight excluding hydrogens is 270 g/mol. The van der Waals surface area contributed by atoms with Gasteiger partial charge in [-0.2, -0.15) is 0 Å². The molecule has 0 radical (unpaired) electrons. The molecule has 0 aromatic heterocycles. The van der Waals surface area contributed by atoms with Crippen LogP contribution in [0.15, 0.2) is 18.2 Å². The summed E-state index contributed by atoms with van der Waals surface area (Å²) in [5.41, 5.74) is 2.11. The summed E-state index contributed by atoms with van der Waals surface area (Å²) in [7, 11) is 0. The first-order valence-corrected chi connectivity index (χ1v) is 6.67. The van der Waals surface area contributed by atoms with E-state index in [0.29, 0.717) is 0 Å². The molecule has 0 saturated heterocycles. The summed E-state index contributed by atoms with van der Waals surface area (Å²) in [6.07, 6.45) is 1.96. The Kier molecular flexibility index (Phi) is 4.48. The van der Waals surface area contributed by atoms with Crippen molar-refractivity contribution in [1.82, 2.24) is 5.32 Å². The number of fused-ring (bicyclic) bond motifs is 1. The summed E-state index contributed by atoms with van der Waals surface area (Å²) in [5, 5.41) is 3.23. The minimum atomic E-state index is 0.746. The molecule has 0 spiro atoms. The maximum Gasteiger partial charge on any atom is 0.161 e. The molecule has 1 N–H and O–H groups in total. The van der Waals surface area contributed by atoms with E-state index in [9.17, 15) is 0 Å². The Balaban J connectivity index is 2.02. The van der Waals surface area contributed by atoms with Crippen LogP contribution in [0.3, 0.4) is 0 Å². The van der Waals surface area contributed by atoms with Crippen LogP contribution in [0, 0.1) is 0 Å². The molecule has 0 saturated carbocycles. The third-order valence-electron chi connectivity index (χ3n) is 2.50. The number of ether oxygens (including phenoxy) is 2. The van der Waals surface area contributed by atoms with Crippen LogP contribution in [0.1, 0.15) is 12.0 Å². The highest BCUT2D eigenvalue weighted by molar-refractivity contribution is 9.09. The molecule has 88 valence electrons. The molecule has 0 amide bonds. The number of hydrogen-bond acceptors (Lipinski definition) is 3. The van der Waals surface area contributed by atoms with E-state index in [4.69, 9.17) is 9.47 Å². The summed E-state index contributed by atoms with van der Waals surface area (Å²) in [6.45, 7) is 2.46. The lowest BCUT2D eigenvalue weighted by molar-refractivity contribution is 0.297. The van der Waals surface area contributed by atoms with Gasteiger partial charge in [-0.05, 0) is 30.7 Å². The van der Waals surface area contributed by atoms with Crippen molar-refractivity contribution in [3.8, 4) is 11.5 Å². The first kappa shape index (κ1) is 11.7. The van der Waals surface area contributed by atoms with E-state index < -0.39 is 0 Å². The maximum atomic E-state index is 5.64. The molecule has 0 bridgehead atoms. The van der Waals surface area contributed by atoms with Crippen LogP contribution < -0.4 is 14.8 Å². The average molecular weight is 286 g/mol. The summed E-state index contributed by atoms with van der Waals surface area (Å²) < 4.78 is 11.2. The fraction of sp³-hybridized carbons (Fsp3) is 0.500. The third kappa shape index (κ3) is 3.12. The molecule has 3 nitrogen and oxygen atoms in total. The number of halogens is 1. The minimum absolute atomic E-state index is 0.746. The van der Waals surface area contributed by atoms with E-state index in [1.54, 1.807) is 0 Å². The molecule has 1 aliphatic heterocycles. The van der Waals surface area contributed by atoms with Crippen LogP contribution in [-0.4, -0.2) is 25.2 Å². The van der Waals surface area contributed by atoms with E-state index in [-0.39, 0.29) is 0 Å². The predicted molar refractivity (Wildman–Crippen MR) is 67.5 cm³/mol. The third-order valence-corrected chi connectivity index (χ3v) is 2.89. The highest BCUT2D eigenvalue weighted by atomic mass is 79.9. The van der Waals surface area contributed by atoms with Crippen molar-refractivity contribution in [3.63, 3.8) is 0 Å². The molecule has 1 aliphatic rings. The number of alkyl halides is 1. The lowest BCUT2D eigenvalue weighted by Gasteiger charge is -2.09. The van der Waals surface area contributed by atoms with Gasteiger partial charge in [-0.3, -0.25) is 0 Å². The zero-order valence-corrected chi connectivity index (χ0v) is 10.8. The highest BCUT2D eigenvalue weighted by Gasteiger charge is 2.10. The second-order valence-electron chi connectivity index (χ2n) is 3.72. The Bertz CT molecular complexity index is 344.